The number of fused-ring (bicyclic) bond motifs is 3. The topological polar surface area (TPSA) is 50.1 Å². The molecule has 2 N–H and O–H groups in total. The Hall–Kier alpha value is -1.88. The fourth-order valence-electron chi connectivity index (χ4n) is 5.18. The van der Waals surface area contributed by atoms with Crippen molar-refractivity contribution in [2.75, 3.05) is 5.32 Å². The molecule has 1 aliphatic carbocycles. The van der Waals surface area contributed by atoms with Gasteiger partial charge in [0, 0.05) is 35.5 Å². The van der Waals surface area contributed by atoms with Gasteiger partial charge in [0.15, 0.2) is 0 Å². The van der Waals surface area contributed by atoms with Gasteiger partial charge in [-0.25, -0.2) is 4.39 Å². The lowest BCUT2D eigenvalue weighted by molar-refractivity contribution is -0.0628. The van der Waals surface area contributed by atoms with Gasteiger partial charge in [0.05, 0.1) is 16.8 Å². The number of anilines is 1. The minimum atomic E-state index is -0.855. The van der Waals surface area contributed by atoms with Crippen molar-refractivity contribution >= 4 is 5.69 Å². The van der Waals surface area contributed by atoms with E-state index >= 15 is 0 Å². The Morgan fingerprint density at radius 3 is 2.56 bits per heavy atom. The lowest BCUT2D eigenvalue weighted by atomic mass is 9.60. The summed E-state index contributed by atoms with van der Waals surface area (Å²) < 4.78 is 16.6. The number of halogens is 1. The minimum absolute atomic E-state index is 0.259. The average Bonchev–Trinajstić information content (AvgIpc) is 3.00. The lowest BCUT2D eigenvalue weighted by Gasteiger charge is -2.55. The van der Waals surface area contributed by atoms with Crippen molar-refractivity contribution in [2.24, 2.45) is 7.05 Å². The van der Waals surface area contributed by atoms with Gasteiger partial charge in [0.2, 0.25) is 0 Å². The Morgan fingerprint density at radius 2 is 1.92 bits per heavy atom. The van der Waals surface area contributed by atoms with E-state index in [-0.39, 0.29) is 5.82 Å². The van der Waals surface area contributed by atoms with E-state index in [1.54, 1.807) is 10.7 Å². The van der Waals surface area contributed by atoms with E-state index in [9.17, 15) is 9.50 Å². The average molecular weight is 343 g/mol. The zero-order chi connectivity index (χ0) is 18.2. The molecule has 1 aromatic heterocycles. The van der Waals surface area contributed by atoms with Crippen LogP contribution >= 0.6 is 0 Å². The van der Waals surface area contributed by atoms with E-state index in [4.69, 9.17) is 0 Å². The fourth-order valence-corrected chi connectivity index (χ4v) is 5.18. The van der Waals surface area contributed by atoms with Gasteiger partial charge in [-0.1, -0.05) is 6.92 Å². The number of aromatic nitrogens is 2. The van der Waals surface area contributed by atoms with E-state index in [0.29, 0.717) is 5.56 Å². The first-order valence-corrected chi connectivity index (χ1v) is 8.94. The van der Waals surface area contributed by atoms with Crippen molar-refractivity contribution in [3.05, 3.63) is 35.4 Å². The molecule has 2 heterocycles. The predicted molar refractivity (Wildman–Crippen MR) is 97.2 cm³/mol. The summed E-state index contributed by atoms with van der Waals surface area (Å²) in [4.78, 5) is 0. The Balaban J connectivity index is 1.97. The molecule has 1 fully saturated rings. The summed E-state index contributed by atoms with van der Waals surface area (Å²) in [6.45, 7) is 8.04. The van der Waals surface area contributed by atoms with Crippen molar-refractivity contribution in [3.63, 3.8) is 0 Å². The van der Waals surface area contributed by atoms with Gasteiger partial charge < -0.3 is 10.4 Å². The first-order valence-electron chi connectivity index (χ1n) is 8.94. The molecule has 5 heteroatoms. The zero-order valence-corrected chi connectivity index (χ0v) is 15.6. The van der Waals surface area contributed by atoms with Gasteiger partial charge >= 0.3 is 0 Å². The number of rotatable bonds is 1. The number of hydrogen-bond donors (Lipinski definition) is 2. The lowest BCUT2D eigenvalue weighted by Crippen LogP contribution is -2.65. The number of benzene rings is 1. The molecule has 1 aromatic carbocycles. The fraction of sp³-hybridized carbons (Fsp3) is 0.550. The number of hydrogen-bond acceptors (Lipinski definition) is 3. The molecule has 2 atom stereocenters. The van der Waals surface area contributed by atoms with E-state index in [1.807, 2.05) is 40.1 Å². The number of aliphatic hydroxyl groups is 1. The quantitative estimate of drug-likeness (QED) is 0.825. The first-order chi connectivity index (χ1) is 11.6. The summed E-state index contributed by atoms with van der Waals surface area (Å²) in [6, 6.07) is 3.51. The molecule has 0 saturated heterocycles. The highest BCUT2D eigenvalue weighted by molar-refractivity contribution is 5.74. The second kappa shape index (κ2) is 4.85. The van der Waals surface area contributed by atoms with Crippen molar-refractivity contribution in [2.45, 2.75) is 63.5 Å². The van der Waals surface area contributed by atoms with E-state index in [2.05, 4.69) is 17.3 Å². The van der Waals surface area contributed by atoms with Gasteiger partial charge in [-0.2, -0.15) is 5.10 Å². The maximum Gasteiger partial charge on any atom is 0.133 e. The third kappa shape index (κ3) is 1.99. The van der Waals surface area contributed by atoms with Crippen LogP contribution in [0.1, 0.15) is 51.3 Å². The first kappa shape index (κ1) is 16.6. The van der Waals surface area contributed by atoms with Crippen LogP contribution in [0.2, 0.25) is 0 Å². The highest BCUT2D eigenvalue weighted by Gasteiger charge is 2.62. The summed E-state index contributed by atoms with van der Waals surface area (Å²) in [5.41, 5.74) is 2.20. The third-order valence-electron chi connectivity index (χ3n) is 6.61. The van der Waals surface area contributed by atoms with Gasteiger partial charge in [-0.05, 0) is 57.7 Å². The van der Waals surface area contributed by atoms with Crippen LogP contribution < -0.4 is 5.32 Å². The summed E-state index contributed by atoms with van der Waals surface area (Å²) in [6.07, 6.45) is 4.47. The molecular weight excluding hydrogens is 317 g/mol. The van der Waals surface area contributed by atoms with Crippen LogP contribution in [0.5, 0.6) is 0 Å². The van der Waals surface area contributed by atoms with E-state index in [0.717, 1.165) is 41.8 Å². The van der Waals surface area contributed by atoms with Crippen LogP contribution in [0.3, 0.4) is 0 Å². The highest BCUT2D eigenvalue weighted by atomic mass is 19.1. The van der Waals surface area contributed by atoms with Crippen LogP contribution in [-0.2, 0) is 12.5 Å². The highest BCUT2D eigenvalue weighted by Crippen LogP contribution is 2.59. The summed E-state index contributed by atoms with van der Waals surface area (Å²) >= 11 is 0. The minimum Gasteiger partial charge on any atom is -0.387 e. The largest absolute Gasteiger partial charge is 0.387 e. The smallest absolute Gasteiger partial charge is 0.133 e. The van der Waals surface area contributed by atoms with Gasteiger partial charge in [0.1, 0.15) is 5.82 Å². The molecule has 25 heavy (non-hydrogen) atoms. The zero-order valence-electron chi connectivity index (χ0n) is 15.6. The maximum atomic E-state index is 14.9. The molecule has 134 valence electrons. The maximum absolute atomic E-state index is 14.9. The monoisotopic (exact) mass is 343 g/mol. The summed E-state index contributed by atoms with van der Waals surface area (Å²) in [7, 11) is 1.84. The molecule has 0 bridgehead atoms. The van der Waals surface area contributed by atoms with Crippen molar-refractivity contribution in [1.29, 1.82) is 0 Å². The van der Waals surface area contributed by atoms with Gasteiger partial charge in [-0.15, -0.1) is 0 Å². The Morgan fingerprint density at radius 1 is 1.20 bits per heavy atom. The molecule has 0 spiro atoms. The summed E-state index contributed by atoms with van der Waals surface area (Å²) in [5.74, 6) is -0.259. The van der Waals surface area contributed by atoms with Crippen LogP contribution in [0.4, 0.5) is 10.1 Å². The van der Waals surface area contributed by atoms with E-state index < -0.39 is 16.6 Å². The van der Waals surface area contributed by atoms with Crippen LogP contribution in [0.15, 0.2) is 18.3 Å². The van der Waals surface area contributed by atoms with Crippen LogP contribution in [-0.4, -0.2) is 26.0 Å². The SMILES string of the molecule is Cc1nn(C)cc1-c1cc2c(cc1F)NC(C)(C)C1(O)CCCC21C. The molecule has 1 saturated carbocycles. The third-order valence-corrected chi connectivity index (χ3v) is 6.61. The molecule has 2 unspecified atom stereocenters. The van der Waals surface area contributed by atoms with Gasteiger partial charge in [-0.3, -0.25) is 4.68 Å². The number of nitrogens with one attached hydrogen (secondary N) is 1. The van der Waals surface area contributed by atoms with Crippen LogP contribution in [0, 0.1) is 12.7 Å². The molecule has 4 nitrogen and oxygen atoms in total. The van der Waals surface area contributed by atoms with Crippen molar-refractivity contribution in [1.82, 2.24) is 9.78 Å². The molecule has 0 radical (unpaired) electrons. The molecule has 1 aliphatic heterocycles. The van der Waals surface area contributed by atoms with Gasteiger partial charge in [0.25, 0.3) is 0 Å². The molecule has 2 aliphatic rings. The Bertz CT molecular complexity index is 872. The van der Waals surface area contributed by atoms with Crippen molar-refractivity contribution in [3.8, 4) is 11.1 Å². The second-order valence-electron chi connectivity index (χ2n) is 8.48. The molecular formula is C20H26FN3O. The standard InChI is InChI=1S/C20H26FN3O/c1-12-14(11-24(5)23-12)13-9-15-17(10-16(13)21)22-18(2,3)20(25)8-6-7-19(15,20)4/h9-11,22,25H,6-8H2,1-5H3. The van der Waals surface area contributed by atoms with E-state index in [1.165, 1.54) is 0 Å². The second-order valence-corrected chi connectivity index (χ2v) is 8.48. The number of nitrogens with zero attached hydrogens (tertiary/aromatic N) is 2. The molecule has 2 aromatic rings. The van der Waals surface area contributed by atoms with Crippen LogP contribution in [0.25, 0.3) is 11.1 Å². The Kier molecular flexibility index (Phi) is 3.21. The van der Waals surface area contributed by atoms with Crippen molar-refractivity contribution < 1.29 is 9.50 Å². The normalized spacial score (nSPS) is 29.9. The summed E-state index contributed by atoms with van der Waals surface area (Å²) in [5, 5.41) is 19.3. The predicted octanol–water partition coefficient (Wildman–Crippen LogP) is 3.91. The molecule has 0 amide bonds. The molecule has 4 rings (SSSR count). The number of aryl methyl sites for hydroxylation is 2. The Labute approximate surface area is 148 Å².